The Hall–Kier alpha value is -0.0800. The lowest BCUT2D eigenvalue weighted by Gasteiger charge is -2.37. The van der Waals surface area contributed by atoms with Crippen molar-refractivity contribution in [1.82, 2.24) is 10.2 Å². The van der Waals surface area contributed by atoms with Gasteiger partial charge in [-0.1, -0.05) is 6.42 Å². The van der Waals surface area contributed by atoms with Crippen LogP contribution in [-0.4, -0.2) is 37.1 Å². The molecule has 1 saturated carbocycles. The molecule has 1 heterocycles. The van der Waals surface area contributed by atoms with Crippen molar-refractivity contribution in [2.45, 2.75) is 57.5 Å². The van der Waals surface area contributed by atoms with Crippen molar-refractivity contribution < 1.29 is 0 Å². The Labute approximate surface area is 94.4 Å². The van der Waals surface area contributed by atoms with Gasteiger partial charge in [0.1, 0.15) is 0 Å². The first-order valence-electron chi connectivity index (χ1n) is 6.71. The van der Waals surface area contributed by atoms with Crippen molar-refractivity contribution in [2.24, 2.45) is 5.92 Å². The minimum atomic E-state index is 0.850. The van der Waals surface area contributed by atoms with Gasteiger partial charge in [0, 0.05) is 12.1 Å². The van der Waals surface area contributed by atoms with E-state index >= 15 is 0 Å². The van der Waals surface area contributed by atoms with Gasteiger partial charge in [-0.3, -0.25) is 4.90 Å². The molecule has 3 atom stereocenters. The number of hydrogen-bond acceptors (Lipinski definition) is 2. The molecule has 1 saturated heterocycles. The van der Waals surface area contributed by atoms with Gasteiger partial charge >= 0.3 is 0 Å². The largest absolute Gasteiger partial charge is 0.319 e. The number of rotatable bonds is 3. The summed E-state index contributed by atoms with van der Waals surface area (Å²) in [5.41, 5.74) is 0. The fourth-order valence-electron chi connectivity index (χ4n) is 3.54. The molecular weight excluding hydrogens is 184 g/mol. The second-order valence-electron chi connectivity index (χ2n) is 5.47. The molecule has 2 rings (SSSR count). The first kappa shape index (κ1) is 11.4. The van der Waals surface area contributed by atoms with Crippen molar-refractivity contribution in [3.63, 3.8) is 0 Å². The van der Waals surface area contributed by atoms with Crippen molar-refractivity contribution in [1.29, 1.82) is 0 Å². The van der Waals surface area contributed by atoms with Crippen LogP contribution in [0, 0.1) is 5.92 Å². The van der Waals surface area contributed by atoms with Gasteiger partial charge in [0.05, 0.1) is 0 Å². The quantitative estimate of drug-likeness (QED) is 0.768. The summed E-state index contributed by atoms with van der Waals surface area (Å²) in [5.74, 6) is 0.932. The van der Waals surface area contributed by atoms with Gasteiger partial charge in [0.15, 0.2) is 0 Å². The Balaban J connectivity index is 1.86. The molecule has 15 heavy (non-hydrogen) atoms. The Bertz CT molecular complexity index is 191. The topological polar surface area (TPSA) is 15.3 Å². The van der Waals surface area contributed by atoms with Gasteiger partial charge in [-0.2, -0.15) is 0 Å². The standard InChI is InChI=1S/C13H26N2/c1-11-5-4-8-15(11)13-7-3-6-12(9-13)10-14-2/h11-14H,3-10H2,1-2H3. The molecular formula is C13H26N2. The van der Waals surface area contributed by atoms with Crippen molar-refractivity contribution in [3.8, 4) is 0 Å². The van der Waals surface area contributed by atoms with E-state index in [0.29, 0.717) is 0 Å². The minimum absolute atomic E-state index is 0.850. The predicted molar refractivity (Wildman–Crippen MR) is 65.1 cm³/mol. The Morgan fingerprint density at radius 3 is 2.73 bits per heavy atom. The molecule has 0 bridgehead atoms. The van der Waals surface area contributed by atoms with Crippen LogP contribution in [0.15, 0.2) is 0 Å². The van der Waals surface area contributed by atoms with Crippen molar-refractivity contribution in [2.75, 3.05) is 20.1 Å². The molecule has 0 aromatic heterocycles. The zero-order valence-corrected chi connectivity index (χ0v) is 10.3. The summed E-state index contributed by atoms with van der Waals surface area (Å²) < 4.78 is 0. The van der Waals surface area contributed by atoms with E-state index in [2.05, 4.69) is 24.2 Å². The van der Waals surface area contributed by atoms with E-state index in [0.717, 1.165) is 18.0 Å². The number of likely N-dealkylation sites (tertiary alicyclic amines) is 1. The Morgan fingerprint density at radius 1 is 1.20 bits per heavy atom. The first-order valence-corrected chi connectivity index (χ1v) is 6.71. The molecule has 1 aliphatic carbocycles. The highest BCUT2D eigenvalue weighted by molar-refractivity contribution is 4.86. The van der Waals surface area contributed by atoms with Gasteiger partial charge < -0.3 is 5.32 Å². The van der Waals surface area contributed by atoms with Crippen LogP contribution in [-0.2, 0) is 0 Å². The molecule has 3 unspecified atom stereocenters. The van der Waals surface area contributed by atoms with Gasteiger partial charge in [0.25, 0.3) is 0 Å². The molecule has 1 aliphatic heterocycles. The highest BCUT2D eigenvalue weighted by Crippen LogP contribution is 2.31. The van der Waals surface area contributed by atoms with Crippen LogP contribution >= 0.6 is 0 Å². The Kier molecular flexibility index (Phi) is 4.04. The molecule has 2 aliphatic rings. The minimum Gasteiger partial charge on any atom is -0.319 e. The molecule has 0 radical (unpaired) electrons. The molecule has 0 aromatic rings. The Morgan fingerprint density at radius 2 is 2.07 bits per heavy atom. The zero-order valence-electron chi connectivity index (χ0n) is 10.3. The summed E-state index contributed by atoms with van der Waals surface area (Å²) in [4.78, 5) is 2.78. The smallest absolute Gasteiger partial charge is 0.0101 e. The van der Waals surface area contributed by atoms with E-state index in [4.69, 9.17) is 0 Å². The van der Waals surface area contributed by atoms with E-state index in [9.17, 15) is 0 Å². The molecule has 2 nitrogen and oxygen atoms in total. The van der Waals surface area contributed by atoms with E-state index < -0.39 is 0 Å². The van der Waals surface area contributed by atoms with Crippen LogP contribution in [0.3, 0.4) is 0 Å². The molecule has 0 aromatic carbocycles. The molecule has 0 amide bonds. The molecule has 0 spiro atoms. The van der Waals surface area contributed by atoms with Crippen LogP contribution in [0.25, 0.3) is 0 Å². The second kappa shape index (κ2) is 5.31. The number of nitrogens with one attached hydrogen (secondary N) is 1. The third-order valence-electron chi connectivity index (χ3n) is 4.32. The highest BCUT2D eigenvalue weighted by Gasteiger charge is 2.31. The normalized spacial score (nSPS) is 38.4. The number of hydrogen-bond donors (Lipinski definition) is 1. The van der Waals surface area contributed by atoms with E-state index in [1.807, 2.05) is 0 Å². The van der Waals surface area contributed by atoms with E-state index in [1.54, 1.807) is 0 Å². The van der Waals surface area contributed by atoms with E-state index in [-0.39, 0.29) is 0 Å². The third kappa shape index (κ3) is 2.73. The third-order valence-corrected chi connectivity index (χ3v) is 4.32. The van der Waals surface area contributed by atoms with Gasteiger partial charge in [-0.05, 0) is 65.1 Å². The van der Waals surface area contributed by atoms with Crippen molar-refractivity contribution in [3.05, 3.63) is 0 Å². The summed E-state index contributed by atoms with van der Waals surface area (Å²) in [7, 11) is 2.09. The summed E-state index contributed by atoms with van der Waals surface area (Å²) in [6, 6.07) is 1.75. The van der Waals surface area contributed by atoms with Crippen molar-refractivity contribution >= 4 is 0 Å². The fraction of sp³-hybridized carbons (Fsp3) is 1.00. The summed E-state index contributed by atoms with van der Waals surface area (Å²) >= 11 is 0. The average molecular weight is 210 g/mol. The van der Waals surface area contributed by atoms with E-state index in [1.165, 1.54) is 51.6 Å². The van der Waals surface area contributed by atoms with Gasteiger partial charge in [0.2, 0.25) is 0 Å². The first-order chi connectivity index (χ1) is 7.31. The summed E-state index contributed by atoms with van der Waals surface area (Å²) in [5, 5.41) is 3.34. The maximum atomic E-state index is 3.34. The lowest BCUT2D eigenvalue weighted by atomic mass is 9.84. The lowest BCUT2D eigenvalue weighted by molar-refractivity contribution is 0.124. The summed E-state index contributed by atoms with van der Waals surface area (Å²) in [6.45, 7) is 4.99. The average Bonchev–Trinajstić information content (AvgIpc) is 2.65. The number of nitrogens with zero attached hydrogens (tertiary/aromatic N) is 1. The monoisotopic (exact) mass is 210 g/mol. The maximum Gasteiger partial charge on any atom is 0.0101 e. The zero-order chi connectivity index (χ0) is 10.7. The molecule has 88 valence electrons. The SMILES string of the molecule is CNCC1CCCC(N2CCCC2C)C1. The molecule has 1 N–H and O–H groups in total. The molecule has 2 heteroatoms. The van der Waals surface area contributed by atoms with Crippen LogP contribution in [0.5, 0.6) is 0 Å². The fourth-order valence-corrected chi connectivity index (χ4v) is 3.54. The van der Waals surface area contributed by atoms with Gasteiger partial charge in [-0.15, -0.1) is 0 Å². The second-order valence-corrected chi connectivity index (χ2v) is 5.47. The van der Waals surface area contributed by atoms with Crippen LogP contribution in [0.4, 0.5) is 0 Å². The predicted octanol–water partition coefficient (Wildman–Crippen LogP) is 2.25. The summed E-state index contributed by atoms with van der Waals surface area (Å²) in [6.07, 6.45) is 8.62. The highest BCUT2D eigenvalue weighted by atomic mass is 15.2. The van der Waals surface area contributed by atoms with Crippen LogP contribution in [0.2, 0.25) is 0 Å². The lowest BCUT2D eigenvalue weighted by Crippen LogP contribution is -2.42. The molecule has 2 fully saturated rings. The maximum absolute atomic E-state index is 3.34. The van der Waals surface area contributed by atoms with Crippen LogP contribution in [0.1, 0.15) is 45.4 Å². The van der Waals surface area contributed by atoms with Crippen LogP contribution < -0.4 is 5.32 Å². The van der Waals surface area contributed by atoms with Gasteiger partial charge in [-0.25, -0.2) is 0 Å².